The normalized spacial score (nSPS) is 13.7. The summed E-state index contributed by atoms with van der Waals surface area (Å²) in [5.74, 6) is -0.179. The van der Waals surface area contributed by atoms with Crippen LogP contribution in [0.25, 0.3) is 0 Å². The van der Waals surface area contributed by atoms with Crippen LogP contribution in [-0.4, -0.2) is 37.2 Å². The van der Waals surface area contributed by atoms with Crippen molar-refractivity contribution < 1.29 is 14.5 Å². The molecule has 1 aliphatic heterocycles. The molecule has 1 amide bonds. The molecule has 1 fully saturated rings. The fourth-order valence-corrected chi connectivity index (χ4v) is 2.96. The van der Waals surface area contributed by atoms with Crippen molar-refractivity contribution in [3.8, 4) is 5.75 Å². The molecule has 0 bridgehead atoms. The Bertz CT molecular complexity index is 859. The van der Waals surface area contributed by atoms with Crippen LogP contribution >= 0.6 is 0 Å². The maximum absolute atomic E-state index is 12.2. The molecule has 0 aliphatic carbocycles. The number of ether oxygens (including phenoxy) is 1. The number of nitro groups is 1. The van der Waals surface area contributed by atoms with E-state index in [1.807, 2.05) is 12.1 Å². The van der Waals surface area contributed by atoms with E-state index < -0.39 is 4.92 Å². The van der Waals surface area contributed by atoms with Crippen molar-refractivity contribution in [3.63, 3.8) is 0 Å². The number of nitrogens with one attached hydrogen (secondary N) is 1. The van der Waals surface area contributed by atoms with Crippen LogP contribution in [0, 0.1) is 10.1 Å². The molecule has 0 aromatic heterocycles. The van der Waals surface area contributed by atoms with Crippen LogP contribution in [0.15, 0.2) is 47.6 Å². The maximum Gasteiger partial charge on any atom is 0.311 e. The van der Waals surface area contributed by atoms with Crippen LogP contribution in [0.3, 0.4) is 0 Å². The number of hydrazone groups is 1. The minimum atomic E-state index is -0.531. The summed E-state index contributed by atoms with van der Waals surface area (Å²) in [5, 5.41) is 14.9. The zero-order valence-electron chi connectivity index (χ0n) is 14.9. The highest BCUT2D eigenvalue weighted by Gasteiger charge is 2.15. The Morgan fingerprint density at radius 1 is 1.22 bits per heavy atom. The van der Waals surface area contributed by atoms with E-state index in [1.165, 1.54) is 38.3 Å². The van der Waals surface area contributed by atoms with Gasteiger partial charge in [-0.25, -0.2) is 5.43 Å². The number of nitro benzene ring substituents is 1. The number of anilines is 1. The van der Waals surface area contributed by atoms with Crippen molar-refractivity contribution >= 4 is 23.5 Å². The second-order valence-electron chi connectivity index (χ2n) is 6.13. The van der Waals surface area contributed by atoms with E-state index in [0.717, 1.165) is 18.8 Å². The minimum Gasteiger partial charge on any atom is -0.490 e. The highest BCUT2D eigenvalue weighted by atomic mass is 16.6. The molecular weight excluding hydrogens is 348 g/mol. The molecule has 1 N–H and O–H groups in total. The molecule has 0 saturated carbocycles. The second kappa shape index (κ2) is 8.31. The summed E-state index contributed by atoms with van der Waals surface area (Å²) in [7, 11) is 1.37. The van der Waals surface area contributed by atoms with Gasteiger partial charge in [0.2, 0.25) is 0 Å². The second-order valence-corrected chi connectivity index (χ2v) is 6.13. The summed E-state index contributed by atoms with van der Waals surface area (Å²) in [4.78, 5) is 25.0. The van der Waals surface area contributed by atoms with Gasteiger partial charge in [-0.1, -0.05) is 0 Å². The molecule has 8 heteroatoms. The van der Waals surface area contributed by atoms with Gasteiger partial charge in [0, 0.05) is 36.0 Å². The molecular formula is C19H20N4O4. The first-order chi connectivity index (χ1) is 13.1. The number of benzene rings is 2. The van der Waals surface area contributed by atoms with Crippen LogP contribution in [0.4, 0.5) is 11.4 Å². The standard InChI is InChI=1S/C19H20N4O4/c1-27-18-9-4-14(12-17(18)23(25)26)13-20-21-19(24)15-5-7-16(8-6-15)22-10-2-3-11-22/h4-9,12-13H,2-3,10-11H2,1H3,(H,21,24)/b20-13-. The fourth-order valence-electron chi connectivity index (χ4n) is 2.96. The predicted molar refractivity (Wildman–Crippen MR) is 103 cm³/mol. The van der Waals surface area contributed by atoms with Crippen molar-refractivity contribution in [1.82, 2.24) is 5.43 Å². The van der Waals surface area contributed by atoms with Gasteiger partial charge in [0.25, 0.3) is 5.91 Å². The molecule has 140 valence electrons. The van der Waals surface area contributed by atoms with Gasteiger partial charge in [-0.05, 0) is 49.2 Å². The van der Waals surface area contributed by atoms with Gasteiger partial charge in [-0.15, -0.1) is 0 Å². The van der Waals surface area contributed by atoms with Crippen molar-refractivity contribution in [1.29, 1.82) is 0 Å². The molecule has 1 aliphatic rings. The number of amides is 1. The van der Waals surface area contributed by atoms with Crippen LogP contribution in [-0.2, 0) is 0 Å². The molecule has 0 spiro atoms. The van der Waals surface area contributed by atoms with E-state index in [-0.39, 0.29) is 17.3 Å². The van der Waals surface area contributed by atoms with E-state index in [1.54, 1.807) is 18.2 Å². The quantitative estimate of drug-likeness (QED) is 0.480. The third kappa shape index (κ3) is 4.41. The van der Waals surface area contributed by atoms with Gasteiger partial charge < -0.3 is 9.64 Å². The third-order valence-electron chi connectivity index (χ3n) is 4.38. The molecule has 2 aromatic carbocycles. The van der Waals surface area contributed by atoms with Crippen molar-refractivity contribution in [3.05, 3.63) is 63.7 Å². The molecule has 1 saturated heterocycles. The Balaban J connectivity index is 1.63. The lowest BCUT2D eigenvalue weighted by molar-refractivity contribution is -0.385. The smallest absolute Gasteiger partial charge is 0.311 e. The monoisotopic (exact) mass is 368 g/mol. The van der Waals surface area contributed by atoms with E-state index in [0.29, 0.717) is 11.1 Å². The molecule has 8 nitrogen and oxygen atoms in total. The van der Waals surface area contributed by atoms with E-state index in [2.05, 4.69) is 15.4 Å². The zero-order chi connectivity index (χ0) is 19.2. The lowest BCUT2D eigenvalue weighted by atomic mass is 10.2. The van der Waals surface area contributed by atoms with E-state index >= 15 is 0 Å². The molecule has 0 radical (unpaired) electrons. The Morgan fingerprint density at radius 2 is 1.93 bits per heavy atom. The minimum absolute atomic E-state index is 0.162. The number of carbonyl (C=O) groups is 1. The fraction of sp³-hybridized carbons (Fsp3) is 0.263. The van der Waals surface area contributed by atoms with Gasteiger partial charge in [-0.2, -0.15) is 5.10 Å². The van der Waals surface area contributed by atoms with E-state index in [4.69, 9.17) is 4.74 Å². The van der Waals surface area contributed by atoms with Gasteiger partial charge in [0.05, 0.1) is 18.2 Å². The Kier molecular flexibility index (Phi) is 5.65. The summed E-state index contributed by atoms with van der Waals surface area (Å²) in [6.07, 6.45) is 3.74. The highest BCUT2D eigenvalue weighted by molar-refractivity contribution is 5.95. The largest absolute Gasteiger partial charge is 0.490 e. The number of rotatable bonds is 6. The van der Waals surface area contributed by atoms with Gasteiger partial charge in [0.1, 0.15) is 0 Å². The Labute approximate surface area is 156 Å². The topological polar surface area (TPSA) is 97.1 Å². The summed E-state index contributed by atoms with van der Waals surface area (Å²) in [5.41, 5.74) is 4.35. The van der Waals surface area contributed by atoms with Crippen molar-refractivity contribution in [2.75, 3.05) is 25.1 Å². The first-order valence-corrected chi connectivity index (χ1v) is 8.59. The van der Waals surface area contributed by atoms with Crippen LogP contribution in [0.5, 0.6) is 5.75 Å². The lowest BCUT2D eigenvalue weighted by Crippen LogP contribution is -2.19. The van der Waals surface area contributed by atoms with Gasteiger partial charge in [0.15, 0.2) is 5.75 Å². The highest BCUT2D eigenvalue weighted by Crippen LogP contribution is 2.26. The van der Waals surface area contributed by atoms with Gasteiger partial charge >= 0.3 is 5.69 Å². The maximum atomic E-state index is 12.2. The van der Waals surface area contributed by atoms with Crippen molar-refractivity contribution in [2.24, 2.45) is 5.10 Å². The van der Waals surface area contributed by atoms with Crippen LogP contribution < -0.4 is 15.1 Å². The first kappa shape index (κ1) is 18.4. The van der Waals surface area contributed by atoms with Crippen LogP contribution in [0.1, 0.15) is 28.8 Å². The van der Waals surface area contributed by atoms with E-state index in [9.17, 15) is 14.9 Å². The van der Waals surface area contributed by atoms with Crippen molar-refractivity contribution in [2.45, 2.75) is 12.8 Å². The molecule has 27 heavy (non-hydrogen) atoms. The predicted octanol–water partition coefficient (Wildman–Crippen LogP) is 2.97. The zero-order valence-corrected chi connectivity index (χ0v) is 14.9. The third-order valence-corrected chi connectivity index (χ3v) is 4.38. The molecule has 0 unspecified atom stereocenters. The summed E-state index contributed by atoms with van der Waals surface area (Å²) < 4.78 is 4.95. The summed E-state index contributed by atoms with van der Waals surface area (Å²) >= 11 is 0. The number of carbonyl (C=O) groups excluding carboxylic acids is 1. The lowest BCUT2D eigenvalue weighted by Gasteiger charge is -2.17. The summed E-state index contributed by atoms with van der Waals surface area (Å²) in [6, 6.07) is 11.8. The average Bonchev–Trinajstić information content (AvgIpc) is 3.22. The number of nitrogens with zero attached hydrogens (tertiary/aromatic N) is 3. The molecule has 3 rings (SSSR count). The average molecular weight is 368 g/mol. The number of hydrogen-bond acceptors (Lipinski definition) is 6. The number of methoxy groups -OCH3 is 1. The van der Waals surface area contributed by atoms with Crippen LogP contribution in [0.2, 0.25) is 0 Å². The molecule has 1 heterocycles. The first-order valence-electron chi connectivity index (χ1n) is 8.59. The number of hydrogen-bond donors (Lipinski definition) is 1. The summed E-state index contributed by atoms with van der Waals surface area (Å²) in [6.45, 7) is 2.09. The SMILES string of the molecule is COc1ccc(/C=N\NC(=O)c2ccc(N3CCCC3)cc2)cc1[N+](=O)[O-]. The Hall–Kier alpha value is -3.42. The molecule has 0 atom stereocenters. The Morgan fingerprint density at radius 3 is 2.56 bits per heavy atom. The van der Waals surface area contributed by atoms with Gasteiger partial charge in [-0.3, -0.25) is 14.9 Å². The molecule has 2 aromatic rings.